The lowest BCUT2D eigenvalue weighted by Crippen LogP contribution is -2.38. The van der Waals surface area contributed by atoms with Gasteiger partial charge in [-0.25, -0.2) is 4.98 Å². The van der Waals surface area contributed by atoms with Crippen LogP contribution in [0.25, 0.3) is 11.0 Å². The van der Waals surface area contributed by atoms with Crippen LogP contribution in [0.2, 0.25) is 5.02 Å². The smallest absolute Gasteiger partial charge is 0.124 e. The highest BCUT2D eigenvalue weighted by atomic mass is 35.5. The third kappa shape index (κ3) is 3.05. The monoisotopic (exact) mass is 325 g/mol. The van der Waals surface area contributed by atoms with Crippen LogP contribution < -0.4 is 0 Å². The van der Waals surface area contributed by atoms with E-state index in [1.165, 1.54) is 12.8 Å². The quantitative estimate of drug-likeness (QED) is 0.790. The van der Waals surface area contributed by atoms with E-state index >= 15 is 0 Å². The molecule has 21 heavy (non-hydrogen) atoms. The van der Waals surface area contributed by atoms with Crippen LogP contribution in [0.4, 0.5) is 0 Å². The van der Waals surface area contributed by atoms with Gasteiger partial charge in [0.2, 0.25) is 0 Å². The molecule has 0 amide bonds. The molecule has 0 saturated carbocycles. The lowest BCUT2D eigenvalue weighted by molar-refractivity contribution is 0.121. The molecule has 1 fully saturated rings. The van der Waals surface area contributed by atoms with E-state index in [4.69, 9.17) is 23.2 Å². The average Bonchev–Trinajstić information content (AvgIpc) is 2.80. The maximum Gasteiger partial charge on any atom is 0.124 e. The van der Waals surface area contributed by atoms with Gasteiger partial charge in [0, 0.05) is 11.6 Å². The maximum absolute atomic E-state index is 6.16. The Morgan fingerprint density at radius 2 is 2.00 bits per heavy atom. The van der Waals surface area contributed by atoms with Gasteiger partial charge >= 0.3 is 0 Å². The van der Waals surface area contributed by atoms with E-state index in [9.17, 15) is 0 Å². The lowest BCUT2D eigenvalue weighted by atomic mass is 9.80. The highest BCUT2D eigenvalue weighted by Gasteiger charge is 2.30. The van der Waals surface area contributed by atoms with E-state index in [0.29, 0.717) is 11.3 Å². The Hall–Kier alpha value is -0.770. The molecule has 3 nitrogen and oxygen atoms in total. The van der Waals surface area contributed by atoms with Crippen molar-refractivity contribution in [2.75, 3.05) is 20.1 Å². The molecule has 0 bridgehead atoms. The van der Waals surface area contributed by atoms with Gasteiger partial charge in [-0.2, -0.15) is 0 Å². The zero-order valence-corrected chi connectivity index (χ0v) is 14.1. The number of aromatic nitrogens is 2. The maximum atomic E-state index is 6.16. The number of nitrogens with zero attached hydrogens (tertiary/aromatic N) is 3. The Kier molecular flexibility index (Phi) is 4.17. The van der Waals surface area contributed by atoms with Crippen LogP contribution in [-0.4, -0.2) is 34.6 Å². The molecule has 114 valence electrons. The Morgan fingerprint density at radius 3 is 2.67 bits per heavy atom. The van der Waals surface area contributed by atoms with Gasteiger partial charge in [-0.15, -0.1) is 11.6 Å². The number of piperidine rings is 1. The van der Waals surface area contributed by atoms with E-state index in [2.05, 4.69) is 28.4 Å². The van der Waals surface area contributed by atoms with E-state index < -0.39 is 0 Å². The van der Waals surface area contributed by atoms with Gasteiger partial charge < -0.3 is 9.47 Å². The molecule has 0 aliphatic carbocycles. The van der Waals surface area contributed by atoms with Crippen LogP contribution in [-0.2, 0) is 12.4 Å². The molecule has 2 aromatic rings. The summed E-state index contributed by atoms with van der Waals surface area (Å²) in [5.74, 6) is 1.37. The van der Waals surface area contributed by atoms with Crippen molar-refractivity contribution in [2.45, 2.75) is 32.2 Å². The van der Waals surface area contributed by atoms with Gasteiger partial charge in [-0.3, -0.25) is 0 Å². The number of benzene rings is 1. The van der Waals surface area contributed by atoms with E-state index in [1.54, 1.807) is 0 Å². The SMILES string of the molecule is CN1CCC(C)(Cn2c(CCl)nc3ccc(Cl)cc32)CC1. The first-order chi connectivity index (χ1) is 10.0. The van der Waals surface area contributed by atoms with Gasteiger partial charge in [0.1, 0.15) is 5.82 Å². The lowest BCUT2D eigenvalue weighted by Gasteiger charge is -2.38. The fraction of sp³-hybridized carbons (Fsp3) is 0.562. The Bertz CT molecular complexity index is 642. The number of imidazole rings is 1. The largest absolute Gasteiger partial charge is 0.326 e. The predicted octanol–water partition coefficient (Wildman–Crippen LogP) is 4.16. The van der Waals surface area contributed by atoms with Crippen LogP contribution in [0.15, 0.2) is 18.2 Å². The van der Waals surface area contributed by atoms with Crippen LogP contribution in [0.5, 0.6) is 0 Å². The molecule has 5 heteroatoms. The summed E-state index contributed by atoms with van der Waals surface area (Å²) in [6, 6.07) is 5.86. The normalized spacial score (nSPS) is 19.2. The van der Waals surface area contributed by atoms with Crippen molar-refractivity contribution in [3.63, 3.8) is 0 Å². The molecule has 1 aromatic carbocycles. The summed E-state index contributed by atoms with van der Waals surface area (Å²) in [6.07, 6.45) is 2.40. The van der Waals surface area contributed by atoms with Crippen molar-refractivity contribution >= 4 is 34.2 Å². The third-order valence-corrected chi connectivity index (χ3v) is 5.12. The van der Waals surface area contributed by atoms with E-state index in [1.807, 2.05) is 18.2 Å². The summed E-state index contributed by atoms with van der Waals surface area (Å²) < 4.78 is 2.26. The first-order valence-corrected chi connectivity index (χ1v) is 8.31. The number of likely N-dealkylation sites (tertiary alicyclic amines) is 1. The minimum atomic E-state index is 0.295. The summed E-state index contributed by atoms with van der Waals surface area (Å²) in [4.78, 5) is 7.04. The Morgan fingerprint density at radius 1 is 1.29 bits per heavy atom. The average molecular weight is 326 g/mol. The minimum Gasteiger partial charge on any atom is -0.326 e. The van der Waals surface area contributed by atoms with Crippen molar-refractivity contribution < 1.29 is 0 Å². The van der Waals surface area contributed by atoms with Gasteiger partial charge in [0.15, 0.2) is 0 Å². The van der Waals surface area contributed by atoms with Crippen LogP contribution >= 0.6 is 23.2 Å². The predicted molar refractivity (Wildman–Crippen MR) is 89.1 cm³/mol. The molecule has 3 rings (SSSR count). The van der Waals surface area contributed by atoms with Crippen LogP contribution in [0.1, 0.15) is 25.6 Å². The fourth-order valence-corrected chi connectivity index (χ4v) is 3.49. The first-order valence-electron chi connectivity index (χ1n) is 7.40. The summed E-state index contributed by atoms with van der Waals surface area (Å²) in [6.45, 7) is 5.63. The topological polar surface area (TPSA) is 21.1 Å². The van der Waals surface area contributed by atoms with Crippen molar-refractivity contribution in [1.82, 2.24) is 14.5 Å². The Balaban J connectivity index is 1.97. The van der Waals surface area contributed by atoms with Crippen molar-refractivity contribution in [3.05, 3.63) is 29.0 Å². The molecular weight excluding hydrogens is 305 g/mol. The second-order valence-corrected chi connectivity index (χ2v) is 7.20. The summed E-state index contributed by atoms with van der Waals surface area (Å²) in [5.41, 5.74) is 2.37. The molecule has 1 aliphatic heterocycles. The molecule has 0 N–H and O–H groups in total. The first kappa shape index (κ1) is 15.1. The van der Waals surface area contributed by atoms with E-state index in [-0.39, 0.29) is 0 Å². The number of hydrogen-bond acceptors (Lipinski definition) is 2. The van der Waals surface area contributed by atoms with Gasteiger partial charge in [0.25, 0.3) is 0 Å². The molecule has 0 atom stereocenters. The molecule has 1 saturated heterocycles. The summed E-state index contributed by atoms with van der Waals surface area (Å²) >= 11 is 12.3. The Labute approximate surface area is 135 Å². The zero-order valence-electron chi connectivity index (χ0n) is 12.6. The molecule has 0 spiro atoms. The van der Waals surface area contributed by atoms with Crippen LogP contribution in [0.3, 0.4) is 0 Å². The number of rotatable bonds is 3. The standard InChI is InChI=1S/C16H21Cl2N3/c1-16(5-7-20(2)8-6-16)11-21-14-9-12(18)3-4-13(14)19-15(21)10-17/h3-4,9H,5-8,10-11H2,1-2H3. The molecule has 0 radical (unpaired) electrons. The highest BCUT2D eigenvalue weighted by molar-refractivity contribution is 6.31. The highest BCUT2D eigenvalue weighted by Crippen LogP contribution is 2.34. The van der Waals surface area contributed by atoms with Crippen molar-refractivity contribution in [2.24, 2.45) is 5.41 Å². The minimum absolute atomic E-state index is 0.295. The van der Waals surface area contributed by atoms with Gasteiger partial charge in [-0.05, 0) is 56.6 Å². The number of hydrogen-bond donors (Lipinski definition) is 0. The summed E-state index contributed by atoms with van der Waals surface area (Å²) in [5, 5.41) is 0.748. The fourth-order valence-electron chi connectivity index (χ4n) is 3.12. The number of halogens is 2. The third-order valence-electron chi connectivity index (χ3n) is 4.64. The number of fused-ring (bicyclic) bond motifs is 1. The zero-order chi connectivity index (χ0) is 15.0. The van der Waals surface area contributed by atoms with Gasteiger partial charge in [-0.1, -0.05) is 18.5 Å². The molecule has 2 heterocycles. The number of alkyl halides is 1. The molecular formula is C16H21Cl2N3. The van der Waals surface area contributed by atoms with E-state index in [0.717, 1.165) is 41.5 Å². The van der Waals surface area contributed by atoms with Crippen molar-refractivity contribution in [1.29, 1.82) is 0 Å². The second kappa shape index (κ2) is 5.79. The molecule has 1 aliphatic rings. The van der Waals surface area contributed by atoms with Crippen molar-refractivity contribution in [3.8, 4) is 0 Å². The molecule has 0 unspecified atom stereocenters. The second-order valence-electron chi connectivity index (χ2n) is 6.49. The summed E-state index contributed by atoms with van der Waals surface area (Å²) in [7, 11) is 2.19. The van der Waals surface area contributed by atoms with Crippen LogP contribution in [0, 0.1) is 5.41 Å². The molecule has 1 aromatic heterocycles. The van der Waals surface area contributed by atoms with Gasteiger partial charge in [0.05, 0.1) is 16.9 Å².